The smallest absolute Gasteiger partial charge is 0.309 e. The lowest BCUT2D eigenvalue weighted by Gasteiger charge is -2.21. The SMILES string of the molecule is COC(=O)Cc1ccccc1CN1CCCCCC1. The molecule has 1 fully saturated rings. The minimum atomic E-state index is -0.164. The minimum Gasteiger partial charge on any atom is -0.469 e. The molecule has 0 spiro atoms. The highest BCUT2D eigenvalue weighted by Gasteiger charge is 2.13. The molecule has 1 aromatic rings. The molecule has 0 amide bonds. The summed E-state index contributed by atoms with van der Waals surface area (Å²) in [4.78, 5) is 13.9. The number of carbonyl (C=O) groups is 1. The molecule has 0 unspecified atom stereocenters. The summed E-state index contributed by atoms with van der Waals surface area (Å²) in [5.74, 6) is -0.164. The number of ether oxygens (including phenoxy) is 1. The van der Waals surface area contributed by atoms with Gasteiger partial charge >= 0.3 is 5.97 Å². The van der Waals surface area contributed by atoms with E-state index in [2.05, 4.69) is 11.0 Å². The van der Waals surface area contributed by atoms with E-state index >= 15 is 0 Å². The lowest BCUT2D eigenvalue weighted by Crippen LogP contribution is -2.24. The monoisotopic (exact) mass is 261 g/mol. The summed E-state index contributed by atoms with van der Waals surface area (Å²) in [5, 5.41) is 0. The van der Waals surface area contributed by atoms with E-state index in [0.717, 1.165) is 12.1 Å². The molecule has 3 nitrogen and oxygen atoms in total. The predicted molar refractivity (Wildman–Crippen MR) is 75.9 cm³/mol. The average Bonchev–Trinajstić information content (AvgIpc) is 2.69. The molecule has 1 aliphatic rings. The summed E-state index contributed by atoms with van der Waals surface area (Å²) < 4.78 is 4.77. The lowest BCUT2D eigenvalue weighted by atomic mass is 10.0. The highest BCUT2D eigenvalue weighted by Crippen LogP contribution is 2.16. The molecule has 0 aliphatic carbocycles. The van der Waals surface area contributed by atoms with Crippen molar-refractivity contribution >= 4 is 5.97 Å². The Labute approximate surface area is 115 Å². The van der Waals surface area contributed by atoms with Crippen LogP contribution >= 0.6 is 0 Å². The molecule has 2 rings (SSSR count). The summed E-state index contributed by atoms with van der Waals surface area (Å²) in [7, 11) is 1.44. The summed E-state index contributed by atoms with van der Waals surface area (Å²) in [5.41, 5.74) is 2.35. The first kappa shape index (κ1) is 14.1. The second-order valence-electron chi connectivity index (χ2n) is 5.21. The Kier molecular flexibility index (Phi) is 5.40. The molecule has 1 heterocycles. The van der Waals surface area contributed by atoms with Crippen LogP contribution in [0.3, 0.4) is 0 Å². The van der Waals surface area contributed by atoms with Crippen molar-refractivity contribution in [2.24, 2.45) is 0 Å². The summed E-state index contributed by atoms with van der Waals surface area (Å²) >= 11 is 0. The Morgan fingerprint density at radius 2 is 1.74 bits per heavy atom. The van der Waals surface area contributed by atoms with Crippen LogP contribution in [0.4, 0.5) is 0 Å². The Balaban J connectivity index is 2.03. The van der Waals surface area contributed by atoms with Crippen molar-refractivity contribution in [1.82, 2.24) is 4.90 Å². The third-order valence-electron chi connectivity index (χ3n) is 3.77. The van der Waals surface area contributed by atoms with E-state index in [9.17, 15) is 4.79 Å². The fourth-order valence-corrected chi connectivity index (χ4v) is 2.65. The number of methoxy groups -OCH3 is 1. The Morgan fingerprint density at radius 3 is 2.37 bits per heavy atom. The van der Waals surface area contributed by atoms with Gasteiger partial charge in [0.05, 0.1) is 13.5 Å². The normalized spacial score (nSPS) is 16.9. The Morgan fingerprint density at radius 1 is 1.11 bits per heavy atom. The maximum Gasteiger partial charge on any atom is 0.309 e. The van der Waals surface area contributed by atoms with Gasteiger partial charge in [-0.2, -0.15) is 0 Å². The van der Waals surface area contributed by atoms with Crippen molar-refractivity contribution < 1.29 is 9.53 Å². The molecule has 0 saturated carbocycles. The third kappa shape index (κ3) is 4.35. The van der Waals surface area contributed by atoms with E-state index in [-0.39, 0.29) is 5.97 Å². The van der Waals surface area contributed by atoms with Gasteiger partial charge < -0.3 is 4.74 Å². The fraction of sp³-hybridized carbons (Fsp3) is 0.562. The highest BCUT2D eigenvalue weighted by molar-refractivity contribution is 5.72. The van der Waals surface area contributed by atoms with Gasteiger partial charge in [-0.15, -0.1) is 0 Å². The fourth-order valence-electron chi connectivity index (χ4n) is 2.65. The quantitative estimate of drug-likeness (QED) is 0.781. The molecule has 0 atom stereocenters. The molecule has 104 valence electrons. The van der Waals surface area contributed by atoms with E-state index in [0.29, 0.717) is 6.42 Å². The van der Waals surface area contributed by atoms with Crippen molar-refractivity contribution in [2.45, 2.75) is 38.6 Å². The number of esters is 1. The standard InChI is InChI=1S/C16H23NO2/c1-19-16(18)12-14-8-4-5-9-15(14)13-17-10-6-2-3-7-11-17/h4-5,8-9H,2-3,6-7,10-13H2,1H3. The molecule has 3 heteroatoms. The van der Waals surface area contributed by atoms with Gasteiger partial charge in [-0.25, -0.2) is 0 Å². The van der Waals surface area contributed by atoms with Crippen LogP contribution in [0.15, 0.2) is 24.3 Å². The maximum absolute atomic E-state index is 11.4. The first-order valence-electron chi connectivity index (χ1n) is 7.15. The second kappa shape index (κ2) is 7.29. The Hall–Kier alpha value is -1.35. The largest absolute Gasteiger partial charge is 0.469 e. The number of rotatable bonds is 4. The molecule has 0 bridgehead atoms. The summed E-state index contributed by atoms with van der Waals surface area (Å²) in [6, 6.07) is 8.20. The summed E-state index contributed by atoms with van der Waals surface area (Å²) in [6.07, 6.45) is 5.65. The average molecular weight is 261 g/mol. The molecule has 19 heavy (non-hydrogen) atoms. The van der Waals surface area contributed by atoms with Crippen LogP contribution in [0.25, 0.3) is 0 Å². The van der Waals surface area contributed by atoms with E-state index in [1.54, 1.807) is 0 Å². The van der Waals surface area contributed by atoms with E-state index in [4.69, 9.17) is 4.74 Å². The molecule has 0 radical (unpaired) electrons. The van der Waals surface area contributed by atoms with Gasteiger partial charge in [-0.3, -0.25) is 9.69 Å². The van der Waals surface area contributed by atoms with Crippen molar-refractivity contribution in [3.63, 3.8) is 0 Å². The van der Waals surface area contributed by atoms with Crippen molar-refractivity contribution in [3.05, 3.63) is 35.4 Å². The van der Waals surface area contributed by atoms with Crippen molar-refractivity contribution in [2.75, 3.05) is 20.2 Å². The number of benzene rings is 1. The topological polar surface area (TPSA) is 29.5 Å². The highest BCUT2D eigenvalue weighted by atomic mass is 16.5. The van der Waals surface area contributed by atoms with Crippen LogP contribution < -0.4 is 0 Å². The van der Waals surface area contributed by atoms with E-state index < -0.39 is 0 Å². The molecule has 1 aliphatic heterocycles. The number of hydrogen-bond donors (Lipinski definition) is 0. The molecule has 1 aromatic carbocycles. The first-order valence-corrected chi connectivity index (χ1v) is 7.15. The van der Waals surface area contributed by atoms with Gasteiger partial charge in [0.1, 0.15) is 0 Å². The van der Waals surface area contributed by atoms with Crippen LogP contribution in [-0.2, 0) is 22.5 Å². The second-order valence-corrected chi connectivity index (χ2v) is 5.21. The predicted octanol–water partition coefficient (Wildman–Crippen LogP) is 2.78. The molecular formula is C16H23NO2. The van der Waals surface area contributed by atoms with Crippen LogP contribution in [0.2, 0.25) is 0 Å². The summed E-state index contributed by atoms with van der Waals surface area (Å²) in [6.45, 7) is 3.30. The van der Waals surface area contributed by atoms with Gasteiger partial charge in [0.2, 0.25) is 0 Å². The third-order valence-corrected chi connectivity index (χ3v) is 3.77. The molecule has 0 aromatic heterocycles. The Bertz CT molecular complexity index is 409. The van der Waals surface area contributed by atoms with Crippen LogP contribution in [0.5, 0.6) is 0 Å². The van der Waals surface area contributed by atoms with E-state index in [1.807, 2.05) is 18.2 Å². The van der Waals surface area contributed by atoms with Crippen molar-refractivity contribution in [3.8, 4) is 0 Å². The van der Waals surface area contributed by atoms with Crippen LogP contribution in [0, 0.1) is 0 Å². The number of nitrogens with zero attached hydrogens (tertiary/aromatic N) is 1. The minimum absolute atomic E-state index is 0.164. The number of hydrogen-bond acceptors (Lipinski definition) is 3. The van der Waals surface area contributed by atoms with Gasteiger partial charge in [0.15, 0.2) is 0 Å². The number of likely N-dealkylation sites (tertiary alicyclic amines) is 1. The zero-order valence-corrected chi connectivity index (χ0v) is 11.7. The van der Waals surface area contributed by atoms with Gasteiger partial charge in [0.25, 0.3) is 0 Å². The molecule has 1 saturated heterocycles. The molecular weight excluding hydrogens is 238 g/mol. The van der Waals surface area contributed by atoms with Crippen LogP contribution in [-0.4, -0.2) is 31.1 Å². The maximum atomic E-state index is 11.4. The lowest BCUT2D eigenvalue weighted by molar-refractivity contribution is -0.139. The zero-order valence-electron chi connectivity index (χ0n) is 11.7. The van der Waals surface area contributed by atoms with Gasteiger partial charge in [0, 0.05) is 6.54 Å². The van der Waals surface area contributed by atoms with E-state index in [1.165, 1.54) is 51.4 Å². The zero-order chi connectivity index (χ0) is 13.5. The van der Waals surface area contributed by atoms with Crippen molar-refractivity contribution in [1.29, 1.82) is 0 Å². The van der Waals surface area contributed by atoms with Gasteiger partial charge in [-0.1, -0.05) is 37.1 Å². The number of carbonyl (C=O) groups excluding carboxylic acids is 1. The molecule has 0 N–H and O–H groups in total. The van der Waals surface area contributed by atoms with Crippen LogP contribution in [0.1, 0.15) is 36.8 Å². The first-order chi connectivity index (χ1) is 9.29. The van der Waals surface area contributed by atoms with Gasteiger partial charge in [-0.05, 0) is 37.1 Å².